The molecule has 1 saturated carbocycles. The maximum Gasteiger partial charge on any atom is 0.240 e. The molecule has 1 unspecified atom stereocenters. The molecule has 1 aliphatic carbocycles. The second-order valence-corrected chi connectivity index (χ2v) is 4.70. The van der Waals surface area contributed by atoms with Crippen molar-refractivity contribution in [3.05, 3.63) is 0 Å². The first-order chi connectivity index (χ1) is 7.08. The van der Waals surface area contributed by atoms with E-state index in [1.165, 1.54) is 0 Å². The molecule has 4 N–H and O–H groups in total. The third kappa shape index (κ3) is 3.47. The van der Waals surface area contributed by atoms with E-state index in [1.807, 2.05) is 6.92 Å². The standard InChI is InChI=1S/C11H22N2O2/c1-9(8-14)4-2-7-13-10(15)11(12)5-3-6-11/h9,14H,2-8,12H2,1H3,(H,13,15). The van der Waals surface area contributed by atoms with E-state index in [4.69, 9.17) is 10.8 Å². The van der Waals surface area contributed by atoms with Gasteiger partial charge in [-0.3, -0.25) is 4.79 Å². The lowest BCUT2D eigenvalue weighted by molar-refractivity contribution is -0.129. The third-order valence-corrected chi connectivity index (χ3v) is 3.17. The zero-order valence-electron chi connectivity index (χ0n) is 9.46. The Kier molecular flexibility index (Phi) is 4.54. The first-order valence-electron chi connectivity index (χ1n) is 5.76. The van der Waals surface area contributed by atoms with E-state index >= 15 is 0 Å². The number of hydrogen-bond donors (Lipinski definition) is 3. The van der Waals surface area contributed by atoms with Crippen LogP contribution >= 0.6 is 0 Å². The summed E-state index contributed by atoms with van der Waals surface area (Å²) in [5.74, 6) is 0.308. The fraction of sp³-hybridized carbons (Fsp3) is 0.909. The first-order valence-corrected chi connectivity index (χ1v) is 5.76. The number of rotatable bonds is 6. The van der Waals surface area contributed by atoms with Gasteiger partial charge in [0, 0.05) is 13.2 Å². The number of carbonyl (C=O) groups excluding carboxylic acids is 1. The van der Waals surface area contributed by atoms with E-state index in [1.54, 1.807) is 0 Å². The minimum Gasteiger partial charge on any atom is -0.396 e. The Balaban J connectivity index is 2.07. The normalized spacial score (nSPS) is 20.5. The molecule has 1 rings (SSSR count). The Morgan fingerprint density at radius 1 is 1.60 bits per heavy atom. The summed E-state index contributed by atoms with van der Waals surface area (Å²) in [7, 11) is 0. The van der Waals surface area contributed by atoms with Crippen molar-refractivity contribution in [2.24, 2.45) is 11.7 Å². The molecule has 4 nitrogen and oxygen atoms in total. The average molecular weight is 214 g/mol. The molecule has 0 radical (unpaired) electrons. The SMILES string of the molecule is CC(CO)CCCNC(=O)C1(N)CCC1. The molecule has 0 bridgehead atoms. The second kappa shape index (κ2) is 5.47. The average Bonchev–Trinajstić information content (AvgIpc) is 2.20. The van der Waals surface area contributed by atoms with E-state index in [0.29, 0.717) is 12.5 Å². The van der Waals surface area contributed by atoms with E-state index < -0.39 is 5.54 Å². The van der Waals surface area contributed by atoms with Crippen LogP contribution in [0.1, 0.15) is 39.0 Å². The summed E-state index contributed by atoms with van der Waals surface area (Å²) < 4.78 is 0. The molecular formula is C11H22N2O2. The van der Waals surface area contributed by atoms with Crippen LogP contribution in [-0.4, -0.2) is 29.7 Å². The maximum atomic E-state index is 11.6. The molecule has 0 saturated heterocycles. The molecule has 88 valence electrons. The van der Waals surface area contributed by atoms with E-state index in [2.05, 4.69) is 5.32 Å². The topological polar surface area (TPSA) is 75.3 Å². The van der Waals surface area contributed by atoms with Gasteiger partial charge >= 0.3 is 0 Å². The number of hydrogen-bond acceptors (Lipinski definition) is 3. The summed E-state index contributed by atoms with van der Waals surface area (Å²) in [5, 5.41) is 11.7. The van der Waals surface area contributed by atoms with Crippen molar-refractivity contribution in [1.29, 1.82) is 0 Å². The van der Waals surface area contributed by atoms with Gasteiger partial charge < -0.3 is 16.2 Å². The van der Waals surface area contributed by atoms with Crippen molar-refractivity contribution in [3.63, 3.8) is 0 Å². The van der Waals surface area contributed by atoms with Gasteiger partial charge in [0.15, 0.2) is 0 Å². The highest BCUT2D eigenvalue weighted by Gasteiger charge is 2.39. The van der Waals surface area contributed by atoms with Crippen molar-refractivity contribution in [1.82, 2.24) is 5.32 Å². The van der Waals surface area contributed by atoms with Crippen molar-refractivity contribution < 1.29 is 9.90 Å². The molecule has 4 heteroatoms. The molecule has 0 heterocycles. The largest absolute Gasteiger partial charge is 0.396 e. The van der Waals surface area contributed by atoms with E-state index in [-0.39, 0.29) is 12.5 Å². The predicted octanol–water partition coefficient (Wildman–Crippen LogP) is 0.393. The van der Waals surface area contributed by atoms with Crippen molar-refractivity contribution in [2.75, 3.05) is 13.2 Å². The van der Waals surface area contributed by atoms with Crippen molar-refractivity contribution in [2.45, 2.75) is 44.6 Å². The van der Waals surface area contributed by atoms with Crippen LogP contribution in [0.4, 0.5) is 0 Å². The summed E-state index contributed by atoms with van der Waals surface area (Å²) in [6, 6.07) is 0. The lowest BCUT2D eigenvalue weighted by Crippen LogP contribution is -2.58. The summed E-state index contributed by atoms with van der Waals surface area (Å²) in [5.41, 5.74) is 5.28. The van der Waals surface area contributed by atoms with Gasteiger partial charge in [-0.05, 0) is 38.0 Å². The number of carbonyl (C=O) groups is 1. The fourth-order valence-electron chi connectivity index (χ4n) is 1.70. The molecular weight excluding hydrogens is 192 g/mol. The Hall–Kier alpha value is -0.610. The minimum atomic E-state index is -0.581. The summed E-state index contributed by atoms with van der Waals surface area (Å²) >= 11 is 0. The molecule has 1 amide bonds. The minimum absolute atomic E-state index is 0.00889. The van der Waals surface area contributed by atoms with Crippen LogP contribution in [0.5, 0.6) is 0 Å². The predicted molar refractivity (Wildman–Crippen MR) is 59.3 cm³/mol. The van der Waals surface area contributed by atoms with Gasteiger partial charge in [0.05, 0.1) is 5.54 Å². The smallest absolute Gasteiger partial charge is 0.240 e. The Morgan fingerprint density at radius 2 is 2.27 bits per heavy atom. The summed E-state index contributed by atoms with van der Waals surface area (Å²) in [6.07, 6.45) is 4.53. The van der Waals surface area contributed by atoms with Crippen LogP contribution in [0.2, 0.25) is 0 Å². The van der Waals surface area contributed by atoms with Gasteiger partial charge in [0.25, 0.3) is 0 Å². The summed E-state index contributed by atoms with van der Waals surface area (Å²) in [6.45, 7) is 2.88. The fourth-order valence-corrected chi connectivity index (χ4v) is 1.70. The van der Waals surface area contributed by atoms with Gasteiger partial charge in [-0.2, -0.15) is 0 Å². The monoisotopic (exact) mass is 214 g/mol. The Labute approximate surface area is 91.2 Å². The van der Waals surface area contributed by atoms with Crippen LogP contribution in [0.15, 0.2) is 0 Å². The molecule has 0 spiro atoms. The molecule has 0 aromatic heterocycles. The lowest BCUT2D eigenvalue weighted by Gasteiger charge is -2.36. The maximum absolute atomic E-state index is 11.6. The zero-order valence-corrected chi connectivity index (χ0v) is 9.46. The van der Waals surface area contributed by atoms with Crippen LogP contribution in [0.3, 0.4) is 0 Å². The molecule has 1 fully saturated rings. The van der Waals surface area contributed by atoms with Crippen LogP contribution in [0, 0.1) is 5.92 Å². The number of nitrogens with two attached hydrogens (primary N) is 1. The van der Waals surface area contributed by atoms with Crippen LogP contribution < -0.4 is 11.1 Å². The highest BCUT2D eigenvalue weighted by Crippen LogP contribution is 2.28. The third-order valence-electron chi connectivity index (χ3n) is 3.17. The van der Waals surface area contributed by atoms with Gasteiger partial charge in [-0.25, -0.2) is 0 Å². The second-order valence-electron chi connectivity index (χ2n) is 4.70. The van der Waals surface area contributed by atoms with Crippen LogP contribution in [-0.2, 0) is 4.79 Å². The zero-order chi connectivity index (χ0) is 11.3. The highest BCUT2D eigenvalue weighted by atomic mass is 16.3. The highest BCUT2D eigenvalue weighted by molar-refractivity contribution is 5.86. The molecule has 15 heavy (non-hydrogen) atoms. The number of nitrogens with one attached hydrogen (secondary N) is 1. The molecule has 1 atom stereocenters. The molecule has 0 aromatic carbocycles. The first kappa shape index (κ1) is 12.5. The number of aliphatic hydroxyl groups is 1. The number of aliphatic hydroxyl groups excluding tert-OH is 1. The van der Waals surface area contributed by atoms with Crippen molar-refractivity contribution >= 4 is 5.91 Å². The Morgan fingerprint density at radius 3 is 2.73 bits per heavy atom. The molecule has 0 aliphatic heterocycles. The molecule has 1 aliphatic rings. The van der Waals surface area contributed by atoms with Gasteiger partial charge in [0.2, 0.25) is 5.91 Å². The van der Waals surface area contributed by atoms with Crippen molar-refractivity contribution in [3.8, 4) is 0 Å². The van der Waals surface area contributed by atoms with E-state index in [9.17, 15) is 4.79 Å². The van der Waals surface area contributed by atoms with E-state index in [0.717, 1.165) is 32.1 Å². The quantitative estimate of drug-likeness (QED) is 0.560. The Bertz CT molecular complexity index is 215. The number of amides is 1. The lowest BCUT2D eigenvalue weighted by atomic mass is 9.77. The summed E-state index contributed by atoms with van der Waals surface area (Å²) in [4.78, 5) is 11.6. The van der Waals surface area contributed by atoms with Gasteiger partial charge in [0.1, 0.15) is 0 Å². The van der Waals surface area contributed by atoms with Gasteiger partial charge in [-0.15, -0.1) is 0 Å². The molecule has 0 aromatic rings. The van der Waals surface area contributed by atoms with Gasteiger partial charge in [-0.1, -0.05) is 6.92 Å². The van der Waals surface area contributed by atoms with Crippen LogP contribution in [0.25, 0.3) is 0 Å².